The zero-order valence-corrected chi connectivity index (χ0v) is 9.74. The summed E-state index contributed by atoms with van der Waals surface area (Å²) in [6, 6.07) is 0. The van der Waals surface area contributed by atoms with Gasteiger partial charge in [-0.1, -0.05) is 0 Å². The lowest BCUT2D eigenvalue weighted by atomic mass is 9.86. The Morgan fingerprint density at radius 1 is 1.44 bits per heavy atom. The van der Waals surface area contributed by atoms with E-state index in [0.29, 0.717) is 16.8 Å². The summed E-state index contributed by atoms with van der Waals surface area (Å²) >= 11 is 1.18. The highest BCUT2D eigenvalue weighted by atomic mass is 32.1. The summed E-state index contributed by atoms with van der Waals surface area (Å²) < 4.78 is 3.88. The van der Waals surface area contributed by atoms with Crippen LogP contribution in [0, 0.1) is 11.8 Å². The first kappa shape index (κ1) is 10.2. The first-order valence-corrected chi connectivity index (χ1v) is 6.37. The number of nitrogens with one attached hydrogen (secondary N) is 1. The van der Waals surface area contributed by atoms with Gasteiger partial charge in [-0.25, -0.2) is 4.98 Å². The van der Waals surface area contributed by atoms with Crippen molar-refractivity contribution in [2.24, 2.45) is 11.8 Å². The molecule has 2 atom stereocenters. The van der Waals surface area contributed by atoms with Crippen LogP contribution in [0.1, 0.15) is 16.2 Å². The minimum absolute atomic E-state index is 0.0547. The smallest absolute Gasteiger partial charge is 0.284 e. The second-order valence-electron chi connectivity index (χ2n) is 4.58. The average molecular weight is 238 g/mol. The van der Waals surface area contributed by atoms with Crippen molar-refractivity contribution in [2.45, 2.75) is 6.42 Å². The van der Waals surface area contributed by atoms with E-state index in [1.54, 1.807) is 0 Å². The molecule has 5 nitrogen and oxygen atoms in total. The van der Waals surface area contributed by atoms with Gasteiger partial charge >= 0.3 is 0 Å². The van der Waals surface area contributed by atoms with Gasteiger partial charge in [0.25, 0.3) is 5.91 Å². The molecule has 2 bridgehead atoms. The van der Waals surface area contributed by atoms with Gasteiger partial charge in [-0.2, -0.15) is 4.37 Å². The van der Waals surface area contributed by atoms with E-state index in [2.05, 4.69) is 14.7 Å². The summed E-state index contributed by atoms with van der Waals surface area (Å²) in [5.74, 6) is 1.29. The molecule has 0 saturated carbocycles. The van der Waals surface area contributed by atoms with E-state index in [9.17, 15) is 4.79 Å². The maximum absolute atomic E-state index is 12.1. The van der Waals surface area contributed by atoms with Crippen LogP contribution in [0.5, 0.6) is 0 Å². The average Bonchev–Trinajstić information content (AvgIpc) is 2.81. The van der Waals surface area contributed by atoms with Crippen LogP contribution < -0.4 is 5.32 Å². The molecule has 2 aliphatic heterocycles. The van der Waals surface area contributed by atoms with Gasteiger partial charge in [-0.3, -0.25) is 4.79 Å². The number of hydrogen-bond acceptors (Lipinski definition) is 5. The van der Waals surface area contributed by atoms with Crippen LogP contribution in [-0.4, -0.2) is 46.3 Å². The molecule has 1 N–H and O–H groups in total. The number of carbonyl (C=O) groups is 1. The van der Waals surface area contributed by atoms with Crippen molar-refractivity contribution < 1.29 is 4.79 Å². The molecular formula is C10H14N4OS. The Labute approximate surface area is 98.0 Å². The summed E-state index contributed by atoms with van der Waals surface area (Å²) in [6.07, 6.45) is 2.71. The van der Waals surface area contributed by atoms with Crippen LogP contribution in [0.15, 0.2) is 6.33 Å². The molecule has 1 aromatic heterocycles. The third kappa shape index (κ3) is 1.82. The zero-order valence-electron chi connectivity index (χ0n) is 8.93. The lowest BCUT2D eigenvalue weighted by molar-refractivity contribution is 0.0537. The fraction of sp³-hybridized carbons (Fsp3) is 0.700. The Hall–Kier alpha value is -1.01. The molecule has 2 fully saturated rings. The monoisotopic (exact) mass is 238 g/mol. The maximum Gasteiger partial charge on any atom is 0.284 e. The number of hydrogen-bond donors (Lipinski definition) is 1. The molecule has 16 heavy (non-hydrogen) atoms. The Bertz CT molecular complexity index is 368. The standard InChI is InChI=1S/C10H14N4OS/c15-10(9-12-6-13-16-9)14-4-7-1-8(5-14)3-11-2-7/h6-8,11H,1-5H2. The van der Waals surface area contributed by atoms with Crippen molar-refractivity contribution in [3.05, 3.63) is 11.3 Å². The number of aromatic nitrogens is 2. The molecule has 3 heterocycles. The second-order valence-corrected chi connectivity index (χ2v) is 5.36. The molecule has 3 rings (SSSR count). The van der Waals surface area contributed by atoms with E-state index in [4.69, 9.17) is 0 Å². The van der Waals surface area contributed by atoms with E-state index >= 15 is 0 Å². The minimum atomic E-state index is 0.0547. The fourth-order valence-corrected chi connectivity index (χ4v) is 3.17. The first-order valence-electron chi connectivity index (χ1n) is 5.59. The van der Waals surface area contributed by atoms with Crippen LogP contribution in [0.3, 0.4) is 0 Å². The molecule has 0 aliphatic carbocycles. The third-order valence-electron chi connectivity index (χ3n) is 3.32. The van der Waals surface area contributed by atoms with E-state index in [0.717, 1.165) is 26.2 Å². The topological polar surface area (TPSA) is 58.1 Å². The van der Waals surface area contributed by atoms with Crippen LogP contribution in [0.4, 0.5) is 0 Å². The predicted molar refractivity (Wildman–Crippen MR) is 60.3 cm³/mol. The van der Waals surface area contributed by atoms with Crippen LogP contribution in [0.2, 0.25) is 0 Å². The van der Waals surface area contributed by atoms with Crippen LogP contribution in [0.25, 0.3) is 0 Å². The van der Waals surface area contributed by atoms with E-state index in [1.165, 1.54) is 24.3 Å². The normalized spacial score (nSPS) is 29.1. The number of rotatable bonds is 1. The summed E-state index contributed by atoms with van der Waals surface area (Å²) in [7, 11) is 0. The Kier molecular flexibility index (Phi) is 2.61. The van der Waals surface area contributed by atoms with Crippen molar-refractivity contribution in [1.82, 2.24) is 19.6 Å². The van der Waals surface area contributed by atoms with Gasteiger partial charge in [0.05, 0.1) is 0 Å². The number of likely N-dealkylation sites (tertiary alicyclic amines) is 1. The molecule has 1 amide bonds. The molecule has 86 valence electrons. The number of carbonyl (C=O) groups excluding carboxylic acids is 1. The van der Waals surface area contributed by atoms with E-state index in [-0.39, 0.29) is 5.91 Å². The number of nitrogens with zero attached hydrogens (tertiary/aromatic N) is 3. The Morgan fingerprint density at radius 2 is 2.19 bits per heavy atom. The summed E-state index contributed by atoms with van der Waals surface area (Å²) in [4.78, 5) is 18.0. The zero-order chi connectivity index (χ0) is 11.0. The van der Waals surface area contributed by atoms with E-state index in [1.807, 2.05) is 4.90 Å². The van der Waals surface area contributed by atoms with Gasteiger partial charge in [0, 0.05) is 13.1 Å². The number of fused-ring (bicyclic) bond motifs is 2. The molecule has 2 saturated heterocycles. The molecule has 0 aromatic carbocycles. The lowest BCUT2D eigenvalue weighted by Crippen LogP contribution is -2.52. The lowest BCUT2D eigenvalue weighted by Gasteiger charge is -2.41. The molecule has 6 heteroatoms. The minimum Gasteiger partial charge on any atom is -0.336 e. The second kappa shape index (κ2) is 4.10. The molecule has 2 aliphatic rings. The van der Waals surface area contributed by atoms with Gasteiger partial charge < -0.3 is 10.2 Å². The molecule has 1 aromatic rings. The van der Waals surface area contributed by atoms with Crippen molar-refractivity contribution in [1.29, 1.82) is 0 Å². The van der Waals surface area contributed by atoms with Crippen molar-refractivity contribution >= 4 is 17.4 Å². The van der Waals surface area contributed by atoms with Crippen LogP contribution in [-0.2, 0) is 0 Å². The number of piperidine rings is 2. The Balaban J connectivity index is 1.73. The van der Waals surface area contributed by atoms with Crippen LogP contribution >= 0.6 is 11.5 Å². The van der Waals surface area contributed by atoms with Crippen molar-refractivity contribution in [3.8, 4) is 0 Å². The maximum atomic E-state index is 12.1. The molecular weight excluding hydrogens is 224 g/mol. The fourth-order valence-electron chi connectivity index (χ4n) is 2.67. The molecule has 2 unspecified atom stereocenters. The largest absolute Gasteiger partial charge is 0.336 e. The SMILES string of the molecule is O=C(c1ncns1)N1CC2CNCC(C2)C1. The van der Waals surface area contributed by atoms with Crippen molar-refractivity contribution in [3.63, 3.8) is 0 Å². The van der Waals surface area contributed by atoms with Gasteiger partial charge in [0.15, 0.2) is 0 Å². The molecule has 0 spiro atoms. The van der Waals surface area contributed by atoms with E-state index < -0.39 is 0 Å². The van der Waals surface area contributed by atoms with Gasteiger partial charge in [0.1, 0.15) is 6.33 Å². The van der Waals surface area contributed by atoms with Gasteiger partial charge in [-0.05, 0) is 42.9 Å². The highest BCUT2D eigenvalue weighted by Gasteiger charge is 2.33. The Morgan fingerprint density at radius 3 is 2.81 bits per heavy atom. The first-order chi connectivity index (χ1) is 7.83. The number of amides is 1. The van der Waals surface area contributed by atoms with Gasteiger partial charge in [0.2, 0.25) is 5.01 Å². The third-order valence-corrected chi connectivity index (χ3v) is 3.97. The summed E-state index contributed by atoms with van der Waals surface area (Å²) in [5, 5.41) is 3.94. The highest BCUT2D eigenvalue weighted by molar-refractivity contribution is 7.07. The quantitative estimate of drug-likeness (QED) is 0.760. The van der Waals surface area contributed by atoms with Gasteiger partial charge in [-0.15, -0.1) is 0 Å². The summed E-state index contributed by atoms with van der Waals surface area (Å²) in [5.41, 5.74) is 0. The highest BCUT2D eigenvalue weighted by Crippen LogP contribution is 2.25. The summed E-state index contributed by atoms with van der Waals surface area (Å²) in [6.45, 7) is 3.80. The predicted octanol–water partition coefficient (Wildman–Crippen LogP) is 0.220. The molecule has 0 radical (unpaired) electrons. The van der Waals surface area contributed by atoms with Crippen molar-refractivity contribution in [2.75, 3.05) is 26.2 Å².